The lowest BCUT2D eigenvalue weighted by Crippen LogP contribution is -2.30. The van der Waals surface area contributed by atoms with Crippen molar-refractivity contribution < 1.29 is 9.47 Å². The molecule has 4 heteroatoms. The van der Waals surface area contributed by atoms with Crippen molar-refractivity contribution in [1.82, 2.24) is 10.2 Å². The molecule has 0 radical (unpaired) electrons. The van der Waals surface area contributed by atoms with Gasteiger partial charge < -0.3 is 14.8 Å². The summed E-state index contributed by atoms with van der Waals surface area (Å²) in [4.78, 5) is 2.24. The average Bonchev–Trinajstić information content (AvgIpc) is 2.36. The fourth-order valence-corrected chi connectivity index (χ4v) is 2.02. The van der Waals surface area contributed by atoms with Crippen molar-refractivity contribution in [3.05, 3.63) is 23.3 Å². The van der Waals surface area contributed by atoms with Crippen LogP contribution in [-0.2, 0) is 6.42 Å². The van der Waals surface area contributed by atoms with Crippen molar-refractivity contribution in [2.75, 3.05) is 41.5 Å². The summed E-state index contributed by atoms with van der Waals surface area (Å²) < 4.78 is 10.7. The zero-order valence-corrected chi connectivity index (χ0v) is 12.0. The van der Waals surface area contributed by atoms with Crippen LogP contribution in [0.2, 0.25) is 0 Å². The van der Waals surface area contributed by atoms with Gasteiger partial charge >= 0.3 is 0 Å². The summed E-state index contributed by atoms with van der Waals surface area (Å²) in [5, 5.41) is 3.14. The van der Waals surface area contributed by atoms with E-state index in [1.165, 1.54) is 11.1 Å². The fourth-order valence-electron chi connectivity index (χ4n) is 2.02. The number of nitrogens with zero attached hydrogens (tertiary/aromatic N) is 1. The summed E-state index contributed by atoms with van der Waals surface area (Å²) in [6.45, 7) is 3.97. The summed E-state index contributed by atoms with van der Waals surface area (Å²) in [6.07, 6.45) is 0.969. The maximum Gasteiger partial charge on any atom is 0.126 e. The van der Waals surface area contributed by atoms with Gasteiger partial charge in [-0.05, 0) is 44.6 Å². The van der Waals surface area contributed by atoms with Crippen LogP contribution >= 0.6 is 0 Å². The topological polar surface area (TPSA) is 33.7 Å². The Morgan fingerprint density at radius 1 is 1.22 bits per heavy atom. The third-order valence-corrected chi connectivity index (χ3v) is 3.03. The van der Waals surface area contributed by atoms with Crippen molar-refractivity contribution in [1.29, 1.82) is 0 Å². The van der Waals surface area contributed by atoms with E-state index in [-0.39, 0.29) is 0 Å². The van der Waals surface area contributed by atoms with Gasteiger partial charge in [-0.3, -0.25) is 4.90 Å². The minimum absolute atomic E-state index is 0.844. The summed E-state index contributed by atoms with van der Waals surface area (Å²) in [6, 6.07) is 4.00. The normalized spacial score (nSPS) is 10.8. The van der Waals surface area contributed by atoms with Gasteiger partial charge in [-0.1, -0.05) is 0 Å². The molecular weight excluding hydrogens is 228 g/mol. The Morgan fingerprint density at radius 2 is 1.94 bits per heavy atom. The Bertz CT molecular complexity index is 380. The second kappa shape index (κ2) is 7.24. The highest BCUT2D eigenvalue weighted by molar-refractivity contribution is 5.46. The molecule has 1 rings (SSSR count). The van der Waals surface area contributed by atoms with E-state index in [1.807, 2.05) is 13.1 Å². The SMILES string of the molecule is CNCN(C)CCc1c(C)cc(OC)cc1OC. The van der Waals surface area contributed by atoms with E-state index >= 15 is 0 Å². The highest BCUT2D eigenvalue weighted by atomic mass is 16.5. The van der Waals surface area contributed by atoms with E-state index in [2.05, 4.69) is 30.3 Å². The van der Waals surface area contributed by atoms with Crippen molar-refractivity contribution in [2.24, 2.45) is 0 Å². The monoisotopic (exact) mass is 252 g/mol. The van der Waals surface area contributed by atoms with Crippen molar-refractivity contribution in [3.8, 4) is 11.5 Å². The van der Waals surface area contributed by atoms with Crippen LogP contribution in [0.1, 0.15) is 11.1 Å². The first-order valence-electron chi connectivity index (χ1n) is 6.17. The molecule has 0 aromatic heterocycles. The molecule has 1 aromatic rings. The van der Waals surface area contributed by atoms with Gasteiger partial charge in [0.05, 0.1) is 14.2 Å². The van der Waals surface area contributed by atoms with Crippen molar-refractivity contribution in [3.63, 3.8) is 0 Å². The fraction of sp³-hybridized carbons (Fsp3) is 0.571. The van der Waals surface area contributed by atoms with Crippen LogP contribution in [-0.4, -0.2) is 46.4 Å². The van der Waals surface area contributed by atoms with E-state index in [1.54, 1.807) is 14.2 Å². The molecule has 1 N–H and O–H groups in total. The van der Waals surface area contributed by atoms with Crippen LogP contribution in [0.3, 0.4) is 0 Å². The molecule has 0 aliphatic carbocycles. The molecule has 102 valence electrons. The number of benzene rings is 1. The summed E-state index contributed by atoms with van der Waals surface area (Å²) in [5.74, 6) is 1.75. The van der Waals surface area contributed by atoms with Gasteiger partial charge in [0, 0.05) is 19.3 Å². The molecule has 1 aromatic carbocycles. The molecule has 0 aliphatic heterocycles. The quantitative estimate of drug-likeness (QED) is 0.748. The molecule has 0 amide bonds. The number of ether oxygens (including phenoxy) is 2. The average molecular weight is 252 g/mol. The molecule has 0 unspecified atom stereocenters. The largest absolute Gasteiger partial charge is 0.497 e. The van der Waals surface area contributed by atoms with Crippen LogP contribution in [0, 0.1) is 6.92 Å². The first-order chi connectivity index (χ1) is 8.62. The van der Waals surface area contributed by atoms with Crippen LogP contribution in [0.4, 0.5) is 0 Å². The number of rotatable bonds is 7. The highest BCUT2D eigenvalue weighted by Gasteiger charge is 2.10. The lowest BCUT2D eigenvalue weighted by atomic mass is 10.0. The Hall–Kier alpha value is -1.26. The second-order valence-corrected chi connectivity index (χ2v) is 4.47. The van der Waals surface area contributed by atoms with Crippen LogP contribution < -0.4 is 14.8 Å². The Morgan fingerprint density at radius 3 is 2.50 bits per heavy atom. The van der Waals surface area contributed by atoms with Crippen LogP contribution in [0.5, 0.6) is 11.5 Å². The maximum atomic E-state index is 5.45. The lowest BCUT2D eigenvalue weighted by Gasteiger charge is -2.18. The number of hydrogen-bond donors (Lipinski definition) is 1. The van der Waals surface area contributed by atoms with Gasteiger partial charge in [-0.2, -0.15) is 0 Å². The molecule has 0 fully saturated rings. The van der Waals surface area contributed by atoms with Crippen LogP contribution in [0.15, 0.2) is 12.1 Å². The zero-order chi connectivity index (χ0) is 13.5. The molecule has 0 saturated carbocycles. The van der Waals surface area contributed by atoms with Gasteiger partial charge in [-0.25, -0.2) is 0 Å². The van der Waals surface area contributed by atoms with E-state index in [0.717, 1.165) is 31.1 Å². The van der Waals surface area contributed by atoms with Gasteiger partial charge in [0.2, 0.25) is 0 Å². The molecule has 0 saturated heterocycles. The molecule has 0 aliphatic rings. The molecule has 0 atom stereocenters. The molecule has 4 nitrogen and oxygen atoms in total. The van der Waals surface area contributed by atoms with Crippen molar-refractivity contribution >= 4 is 0 Å². The summed E-state index contributed by atoms with van der Waals surface area (Å²) >= 11 is 0. The van der Waals surface area contributed by atoms with E-state index in [9.17, 15) is 0 Å². The highest BCUT2D eigenvalue weighted by Crippen LogP contribution is 2.28. The van der Waals surface area contributed by atoms with E-state index < -0.39 is 0 Å². The number of likely N-dealkylation sites (N-methyl/N-ethyl adjacent to an activating group) is 1. The number of aryl methyl sites for hydroxylation is 1. The Balaban J connectivity index is 2.81. The molecule has 18 heavy (non-hydrogen) atoms. The summed E-state index contributed by atoms with van der Waals surface area (Å²) in [7, 11) is 7.43. The second-order valence-electron chi connectivity index (χ2n) is 4.47. The third-order valence-electron chi connectivity index (χ3n) is 3.03. The minimum atomic E-state index is 0.844. The predicted molar refractivity (Wildman–Crippen MR) is 74.5 cm³/mol. The molecule has 0 bridgehead atoms. The number of methoxy groups -OCH3 is 2. The standard InChI is InChI=1S/C14H24N2O2/c1-11-8-12(17-4)9-14(18-5)13(11)6-7-16(3)10-15-2/h8-9,15H,6-7,10H2,1-5H3. The van der Waals surface area contributed by atoms with Gasteiger partial charge in [0.1, 0.15) is 11.5 Å². The van der Waals surface area contributed by atoms with Gasteiger partial charge in [0.15, 0.2) is 0 Å². The third kappa shape index (κ3) is 3.89. The summed E-state index contributed by atoms with van der Waals surface area (Å²) in [5.41, 5.74) is 2.46. The maximum absolute atomic E-state index is 5.45. The van der Waals surface area contributed by atoms with Crippen LogP contribution in [0.25, 0.3) is 0 Å². The van der Waals surface area contributed by atoms with Gasteiger partial charge in [-0.15, -0.1) is 0 Å². The molecule has 0 heterocycles. The predicted octanol–water partition coefficient (Wildman–Crippen LogP) is 1.66. The van der Waals surface area contributed by atoms with E-state index in [0.29, 0.717) is 0 Å². The first kappa shape index (κ1) is 14.8. The lowest BCUT2D eigenvalue weighted by molar-refractivity contribution is 0.318. The Labute approximate surface area is 110 Å². The minimum Gasteiger partial charge on any atom is -0.497 e. The van der Waals surface area contributed by atoms with E-state index in [4.69, 9.17) is 9.47 Å². The molecule has 0 spiro atoms. The number of nitrogens with one attached hydrogen (secondary N) is 1. The number of hydrogen-bond acceptors (Lipinski definition) is 4. The van der Waals surface area contributed by atoms with Gasteiger partial charge in [0.25, 0.3) is 0 Å². The smallest absolute Gasteiger partial charge is 0.126 e. The molecular formula is C14H24N2O2. The zero-order valence-electron chi connectivity index (χ0n) is 12.0. The van der Waals surface area contributed by atoms with Crippen molar-refractivity contribution in [2.45, 2.75) is 13.3 Å². The Kier molecular flexibility index (Phi) is 5.95. The first-order valence-corrected chi connectivity index (χ1v) is 6.17.